The molecule has 1 saturated heterocycles. The summed E-state index contributed by atoms with van der Waals surface area (Å²) in [5.74, 6) is 0.182. The molecule has 5 rings (SSSR count). The van der Waals surface area contributed by atoms with Gasteiger partial charge < -0.3 is 9.80 Å². The van der Waals surface area contributed by atoms with Crippen molar-refractivity contribution in [2.24, 2.45) is 12.5 Å². The first-order valence-corrected chi connectivity index (χ1v) is 12.9. The van der Waals surface area contributed by atoms with Gasteiger partial charge in [-0.3, -0.25) is 13.9 Å². The molecule has 7 nitrogen and oxygen atoms in total. The van der Waals surface area contributed by atoms with Crippen LogP contribution >= 0.6 is 0 Å². The minimum Gasteiger partial charge on any atom is -0.368 e. The molecule has 0 spiro atoms. The fourth-order valence-corrected chi connectivity index (χ4v) is 5.02. The Balaban J connectivity index is 1.32. The zero-order valence-corrected chi connectivity index (χ0v) is 22.1. The highest BCUT2D eigenvalue weighted by Gasteiger charge is 2.22. The summed E-state index contributed by atoms with van der Waals surface area (Å²) in [6.07, 6.45) is 0.449. The largest absolute Gasteiger partial charge is 0.368 e. The Morgan fingerprint density at radius 3 is 2.35 bits per heavy atom. The number of pyridine rings is 1. The van der Waals surface area contributed by atoms with Crippen LogP contribution in [0, 0.1) is 5.41 Å². The summed E-state index contributed by atoms with van der Waals surface area (Å²) in [6.45, 7) is 10.0. The van der Waals surface area contributed by atoms with Gasteiger partial charge in [-0.1, -0.05) is 63.2 Å². The highest BCUT2D eigenvalue weighted by Crippen LogP contribution is 2.27. The van der Waals surface area contributed by atoms with Crippen molar-refractivity contribution in [1.29, 1.82) is 0 Å². The maximum atomic E-state index is 12.9. The lowest BCUT2D eigenvalue weighted by Gasteiger charge is -2.36. The average molecular weight is 498 g/mol. The van der Waals surface area contributed by atoms with Crippen LogP contribution in [-0.4, -0.2) is 51.1 Å². The molecule has 0 unspecified atom stereocenters. The van der Waals surface area contributed by atoms with E-state index >= 15 is 0 Å². The normalized spacial score (nSPS) is 14.4. The number of hydrogen-bond donors (Lipinski definition) is 0. The van der Waals surface area contributed by atoms with Gasteiger partial charge in [0, 0.05) is 51.0 Å². The standard InChI is InChI=1S/C30H35N5O2/c1-30(2,3)21-35-26-14-13-25(31-28(26)32(4)29(35)37)23-11-8-12-24(20-23)33-15-17-34(18-16-33)27(36)19-22-9-6-5-7-10-22/h5-14,20H,15-19,21H2,1-4H3. The zero-order chi connectivity index (χ0) is 26.2. The van der Waals surface area contributed by atoms with Gasteiger partial charge in [0.2, 0.25) is 5.91 Å². The minimum absolute atomic E-state index is 0.0126. The fourth-order valence-electron chi connectivity index (χ4n) is 5.02. The van der Waals surface area contributed by atoms with Crippen LogP contribution in [0.3, 0.4) is 0 Å². The molecule has 0 atom stereocenters. The number of carbonyl (C=O) groups is 1. The van der Waals surface area contributed by atoms with Gasteiger partial charge in [-0.05, 0) is 35.2 Å². The summed E-state index contributed by atoms with van der Waals surface area (Å²) in [6, 6.07) is 22.3. The van der Waals surface area contributed by atoms with Crippen molar-refractivity contribution in [2.45, 2.75) is 33.7 Å². The minimum atomic E-state index is -0.0389. The van der Waals surface area contributed by atoms with Crippen molar-refractivity contribution in [3.63, 3.8) is 0 Å². The number of piperazine rings is 1. The lowest BCUT2D eigenvalue weighted by Crippen LogP contribution is -2.49. The van der Waals surface area contributed by atoms with E-state index < -0.39 is 0 Å². The van der Waals surface area contributed by atoms with Crippen molar-refractivity contribution >= 4 is 22.8 Å². The number of amides is 1. The molecule has 2 aromatic heterocycles. The van der Waals surface area contributed by atoms with E-state index in [1.807, 2.05) is 58.0 Å². The van der Waals surface area contributed by atoms with Crippen LogP contribution in [0.2, 0.25) is 0 Å². The topological polar surface area (TPSA) is 63.4 Å². The molecule has 4 aromatic rings. The van der Waals surface area contributed by atoms with Gasteiger partial charge >= 0.3 is 5.69 Å². The van der Waals surface area contributed by atoms with Gasteiger partial charge in [0.05, 0.1) is 17.6 Å². The Kier molecular flexibility index (Phi) is 6.63. The molecule has 7 heteroatoms. The third kappa shape index (κ3) is 5.31. The van der Waals surface area contributed by atoms with Gasteiger partial charge in [-0.25, -0.2) is 9.78 Å². The van der Waals surface area contributed by atoms with Crippen molar-refractivity contribution in [2.75, 3.05) is 31.1 Å². The number of imidazole rings is 1. The zero-order valence-electron chi connectivity index (χ0n) is 22.1. The molecule has 37 heavy (non-hydrogen) atoms. The molecule has 0 aliphatic carbocycles. The lowest BCUT2D eigenvalue weighted by atomic mass is 9.97. The third-order valence-electron chi connectivity index (χ3n) is 6.95. The fraction of sp³-hybridized carbons (Fsp3) is 0.367. The first kappa shape index (κ1) is 24.8. The van der Waals surface area contributed by atoms with Gasteiger partial charge in [0.1, 0.15) is 0 Å². The van der Waals surface area contributed by atoms with Crippen LogP contribution in [0.5, 0.6) is 0 Å². The van der Waals surface area contributed by atoms with E-state index in [-0.39, 0.29) is 17.0 Å². The number of rotatable bonds is 5. The SMILES string of the molecule is Cn1c(=O)n(CC(C)(C)C)c2ccc(-c3cccc(N4CCN(C(=O)Cc5ccccc5)CC4)c3)nc21. The molecule has 1 fully saturated rings. The molecular weight excluding hydrogens is 462 g/mol. The van der Waals surface area contributed by atoms with Crippen LogP contribution in [-0.2, 0) is 24.8 Å². The van der Waals surface area contributed by atoms with Crippen molar-refractivity contribution < 1.29 is 4.79 Å². The van der Waals surface area contributed by atoms with Crippen molar-refractivity contribution in [3.8, 4) is 11.3 Å². The van der Waals surface area contributed by atoms with Gasteiger partial charge in [0.25, 0.3) is 0 Å². The van der Waals surface area contributed by atoms with E-state index in [1.54, 1.807) is 11.6 Å². The molecular formula is C30H35N5O2. The highest BCUT2D eigenvalue weighted by atomic mass is 16.2. The first-order chi connectivity index (χ1) is 17.7. The summed E-state index contributed by atoms with van der Waals surface area (Å²) in [7, 11) is 1.79. The second-order valence-electron chi connectivity index (χ2n) is 11.1. The number of aryl methyl sites for hydroxylation is 1. The lowest BCUT2D eigenvalue weighted by molar-refractivity contribution is -0.130. The summed E-state index contributed by atoms with van der Waals surface area (Å²) in [5.41, 5.74) is 5.53. The number of hydrogen-bond acceptors (Lipinski definition) is 4. The second-order valence-corrected chi connectivity index (χ2v) is 11.1. The number of fused-ring (bicyclic) bond motifs is 1. The summed E-state index contributed by atoms with van der Waals surface area (Å²) in [5, 5.41) is 0. The molecule has 2 aromatic carbocycles. The molecule has 0 saturated carbocycles. The summed E-state index contributed by atoms with van der Waals surface area (Å²) in [4.78, 5) is 34.8. The second kappa shape index (κ2) is 9.88. The quantitative estimate of drug-likeness (QED) is 0.412. The van der Waals surface area contributed by atoms with Crippen LogP contribution in [0.25, 0.3) is 22.4 Å². The molecule has 3 heterocycles. The van der Waals surface area contributed by atoms with Gasteiger partial charge in [-0.2, -0.15) is 0 Å². The van der Waals surface area contributed by atoms with Crippen molar-refractivity contribution in [1.82, 2.24) is 19.0 Å². The van der Waals surface area contributed by atoms with Crippen LogP contribution < -0.4 is 10.6 Å². The number of aromatic nitrogens is 3. The molecule has 1 amide bonds. The number of anilines is 1. The van der Waals surface area contributed by atoms with E-state index in [2.05, 4.69) is 43.9 Å². The Labute approximate surface area is 218 Å². The van der Waals surface area contributed by atoms with E-state index in [4.69, 9.17) is 4.98 Å². The summed E-state index contributed by atoms with van der Waals surface area (Å²) < 4.78 is 3.46. The Bertz CT molecular complexity index is 1470. The molecule has 0 bridgehead atoms. The van der Waals surface area contributed by atoms with Crippen molar-refractivity contribution in [3.05, 3.63) is 82.8 Å². The van der Waals surface area contributed by atoms with Crippen LogP contribution in [0.4, 0.5) is 5.69 Å². The predicted molar refractivity (Wildman–Crippen MR) is 149 cm³/mol. The number of nitrogens with zero attached hydrogens (tertiary/aromatic N) is 5. The number of carbonyl (C=O) groups excluding carboxylic acids is 1. The highest BCUT2D eigenvalue weighted by molar-refractivity contribution is 5.79. The molecule has 1 aliphatic heterocycles. The molecule has 0 N–H and O–H groups in total. The van der Waals surface area contributed by atoms with Gasteiger partial charge in [-0.15, -0.1) is 0 Å². The smallest absolute Gasteiger partial charge is 0.330 e. The predicted octanol–water partition coefficient (Wildman–Crippen LogP) is 4.34. The monoisotopic (exact) mass is 497 g/mol. The third-order valence-corrected chi connectivity index (χ3v) is 6.95. The molecule has 0 radical (unpaired) electrons. The number of benzene rings is 2. The van der Waals surface area contributed by atoms with E-state index in [0.717, 1.165) is 41.1 Å². The van der Waals surface area contributed by atoms with Crippen LogP contribution in [0.15, 0.2) is 71.5 Å². The van der Waals surface area contributed by atoms with E-state index in [9.17, 15) is 9.59 Å². The van der Waals surface area contributed by atoms with E-state index in [0.29, 0.717) is 31.7 Å². The van der Waals surface area contributed by atoms with Gasteiger partial charge in [0.15, 0.2) is 5.65 Å². The van der Waals surface area contributed by atoms with E-state index in [1.165, 1.54) is 0 Å². The average Bonchev–Trinajstić information content (AvgIpc) is 3.12. The maximum Gasteiger partial charge on any atom is 0.330 e. The maximum absolute atomic E-state index is 12.9. The summed E-state index contributed by atoms with van der Waals surface area (Å²) >= 11 is 0. The molecule has 192 valence electrons. The Hall–Kier alpha value is -3.87. The van der Waals surface area contributed by atoms with Crippen LogP contribution in [0.1, 0.15) is 26.3 Å². The molecule has 1 aliphatic rings. The Morgan fingerprint density at radius 1 is 0.919 bits per heavy atom. The first-order valence-electron chi connectivity index (χ1n) is 12.9. The Morgan fingerprint density at radius 2 is 1.65 bits per heavy atom.